The third kappa shape index (κ3) is 4.45. The van der Waals surface area contributed by atoms with Gasteiger partial charge in [-0.25, -0.2) is 4.79 Å². The lowest BCUT2D eigenvalue weighted by atomic mass is 9.99. The van der Waals surface area contributed by atoms with Crippen molar-refractivity contribution in [1.82, 2.24) is 5.32 Å². The van der Waals surface area contributed by atoms with Crippen LogP contribution in [0.4, 0.5) is 4.79 Å². The Morgan fingerprint density at radius 3 is 2.52 bits per heavy atom. The summed E-state index contributed by atoms with van der Waals surface area (Å²) in [5.41, 5.74) is 3.96. The van der Waals surface area contributed by atoms with Crippen molar-refractivity contribution in [3.63, 3.8) is 0 Å². The maximum absolute atomic E-state index is 12.4. The van der Waals surface area contributed by atoms with Crippen LogP contribution >= 0.6 is 23.4 Å². The minimum absolute atomic E-state index is 0.0743. The van der Waals surface area contributed by atoms with E-state index in [9.17, 15) is 4.79 Å². The normalized spacial score (nSPS) is 21.3. The molecule has 164 valence electrons. The number of thioether (sulfide) groups is 1. The average molecular weight is 475 g/mol. The molecule has 0 unspecified atom stereocenters. The maximum Gasteiger partial charge on any atom is 0.372 e. The Bertz CT molecular complexity index is 1300. The van der Waals surface area contributed by atoms with Crippen LogP contribution in [0.25, 0.3) is 6.08 Å². The lowest BCUT2D eigenvalue weighted by Gasteiger charge is -2.11. The molecule has 1 N–H and O–H groups in total. The van der Waals surface area contributed by atoms with Gasteiger partial charge in [-0.15, -0.1) is 4.68 Å². The van der Waals surface area contributed by atoms with Crippen molar-refractivity contribution < 1.29 is 14.2 Å². The summed E-state index contributed by atoms with van der Waals surface area (Å²) in [4.78, 5) is 13.2. The minimum atomic E-state index is -0.139. The second kappa shape index (κ2) is 9.25. The fourth-order valence-electron chi connectivity index (χ4n) is 3.94. The van der Waals surface area contributed by atoms with Gasteiger partial charge in [-0.2, -0.15) is 5.32 Å². The first-order valence-corrected chi connectivity index (χ1v) is 11.7. The molecule has 3 aromatic carbocycles. The van der Waals surface area contributed by atoms with Crippen LogP contribution in [-0.4, -0.2) is 28.6 Å². The van der Waals surface area contributed by atoms with E-state index in [1.165, 1.54) is 0 Å². The minimum Gasteiger partial charge on any atom is -0.497 e. The van der Waals surface area contributed by atoms with Crippen LogP contribution < -0.4 is 10.1 Å². The van der Waals surface area contributed by atoms with Gasteiger partial charge in [-0.05, 0) is 41.0 Å². The fraction of sp³-hybridized carbons (Fsp3) is 0.115. The van der Waals surface area contributed by atoms with Crippen LogP contribution in [0.1, 0.15) is 29.2 Å². The summed E-state index contributed by atoms with van der Waals surface area (Å²) in [6.45, 7) is 0. The van der Waals surface area contributed by atoms with E-state index in [0.717, 1.165) is 44.8 Å². The van der Waals surface area contributed by atoms with Gasteiger partial charge in [0.2, 0.25) is 0 Å². The molecule has 0 bridgehead atoms. The van der Waals surface area contributed by atoms with Crippen molar-refractivity contribution in [2.24, 2.45) is 5.10 Å². The summed E-state index contributed by atoms with van der Waals surface area (Å²) in [5, 5.41) is 8.46. The van der Waals surface area contributed by atoms with Crippen LogP contribution in [0.15, 0.2) is 88.9 Å². The van der Waals surface area contributed by atoms with Crippen molar-refractivity contribution in [3.05, 3.63) is 105 Å². The number of nitrogens with one attached hydrogen (secondary N) is 1. The number of hydrogen-bond donors (Lipinski definition) is 1. The first-order chi connectivity index (χ1) is 16.1. The predicted molar refractivity (Wildman–Crippen MR) is 134 cm³/mol. The largest absolute Gasteiger partial charge is 0.497 e. The Morgan fingerprint density at radius 1 is 1.06 bits per heavy atom. The molecule has 3 aromatic rings. The molecule has 0 spiro atoms. The van der Waals surface area contributed by atoms with Crippen LogP contribution in [-0.2, 0) is 0 Å². The molecule has 1 saturated heterocycles. The zero-order valence-corrected chi connectivity index (χ0v) is 19.4. The van der Waals surface area contributed by atoms with Gasteiger partial charge in [0.1, 0.15) is 10.7 Å². The van der Waals surface area contributed by atoms with Crippen molar-refractivity contribution in [3.8, 4) is 5.75 Å². The Balaban J connectivity index is 1.64. The molecule has 7 heteroatoms. The molecule has 33 heavy (non-hydrogen) atoms. The summed E-state index contributed by atoms with van der Waals surface area (Å²) in [6, 6.07) is 25.6. The molecule has 0 radical (unpaired) electrons. The summed E-state index contributed by atoms with van der Waals surface area (Å²) >= 11 is 7.53. The molecule has 0 saturated carbocycles. The molecular weight excluding hydrogens is 454 g/mol. The highest BCUT2D eigenvalue weighted by atomic mass is 35.5. The Hall–Kier alpha value is -3.35. The summed E-state index contributed by atoms with van der Waals surface area (Å²) in [6.07, 6.45) is 2.64. The first kappa shape index (κ1) is 21.5. The molecule has 2 aliphatic rings. The molecule has 1 fully saturated rings. The molecule has 1 atom stereocenters. The van der Waals surface area contributed by atoms with Crippen molar-refractivity contribution in [2.75, 3.05) is 7.11 Å². The number of hydrogen-bond acceptors (Lipinski definition) is 4. The third-order valence-electron chi connectivity index (χ3n) is 5.60. The number of carbonyl (C=O) groups excluding carboxylic acids is 1. The van der Waals surface area contributed by atoms with Gasteiger partial charge in [-0.1, -0.05) is 77.4 Å². The van der Waals surface area contributed by atoms with E-state index < -0.39 is 0 Å². The molecule has 1 amide bonds. The number of hydrazone groups is 1. The number of amides is 1. The second-order valence-electron chi connectivity index (χ2n) is 7.64. The van der Waals surface area contributed by atoms with Gasteiger partial charge in [0.25, 0.3) is 0 Å². The topological polar surface area (TPSA) is 53.7 Å². The zero-order chi connectivity index (χ0) is 22.8. The van der Waals surface area contributed by atoms with Gasteiger partial charge in [0.05, 0.1) is 12.8 Å². The number of benzene rings is 3. The van der Waals surface area contributed by atoms with E-state index in [0.29, 0.717) is 17.3 Å². The molecule has 0 aromatic heterocycles. The van der Waals surface area contributed by atoms with Crippen LogP contribution in [0.5, 0.6) is 5.75 Å². The molecule has 5 rings (SSSR count). The highest BCUT2D eigenvalue weighted by Gasteiger charge is 2.40. The monoisotopic (exact) mass is 474 g/mol. The average Bonchev–Trinajstić information content (AvgIpc) is 3.44. The van der Waals surface area contributed by atoms with Gasteiger partial charge in [-0.3, -0.25) is 0 Å². The molecular formula is C26H21ClN3O2S+. The van der Waals surface area contributed by atoms with E-state index in [-0.39, 0.29) is 11.3 Å². The van der Waals surface area contributed by atoms with Gasteiger partial charge in [0.15, 0.2) is 6.04 Å². The highest BCUT2D eigenvalue weighted by molar-refractivity contribution is 8.18. The van der Waals surface area contributed by atoms with E-state index in [4.69, 9.17) is 21.4 Å². The van der Waals surface area contributed by atoms with E-state index in [1.54, 1.807) is 7.11 Å². The second-order valence-corrected chi connectivity index (χ2v) is 9.07. The smallest absolute Gasteiger partial charge is 0.372 e. The number of carbonyl (C=O) groups is 1. The van der Waals surface area contributed by atoms with Crippen LogP contribution in [0.2, 0.25) is 5.02 Å². The number of nitrogens with zero attached hydrogens (tertiary/aromatic N) is 2. The number of ether oxygens (including phenoxy) is 1. The Kier molecular flexibility index (Phi) is 6.03. The van der Waals surface area contributed by atoms with Crippen LogP contribution in [0.3, 0.4) is 0 Å². The van der Waals surface area contributed by atoms with Gasteiger partial charge >= 0.3 is 11.1 Å². The molecule has 2 aliphatic heterocycles. The number of amidine groups is 1. The van der Waals surface area contributed by atoms with E-state index in [2.05, 4.69) is 17.4 Å². The zero-order valence-electron chi connectivity index (χ0n) is 17.9. The SMILES string of the molecule is COc1ccc([C@H]2CC(c3ccccc3)=N/[N+]2=C2/NC(=O)S/C2=C\c2ccccc2Cl)cc1. The van der Waals surface area contributed by atoms with Crippen molar-refractivity contribution >= 4 is 46.2 Å². The molecule has 5 nitrogen and oxygen atoms in total. The summed E-state index contributed by atoms with van der Waals surface area (Å²) < 4.78 is 7.25. The quantitative estimate of drug-likeness (QED) is 0.464. The Morgan fingerprint density at radius 2 is 1.79 bits per heavy atom. The van der Waals surface area contributed by atoms with Crippen molar-refractivity contribution in [1.29, 1.82) is 0 Å². The lowest BCUT2D eigenvalue weighted by molar-refractivity contribution is -0.568. The Labute approximate surface area is 201 Å². The van der Waals surface area contributed by atoms with Crippen LogP contribution in [0, 0.1) is 0 Å². The standard InChI is InChI=1S/C26H20ClN3O2S/c1-32-20-13-11-18(12-14-20)23-16-22(17-7-3-2-4-8-17)29-30(23)25-24(33-26(31)28-25)15-19-9-5-6-10-21(19)27/h2-15,23H,16H2,1H3/p+1/b24-15-/t23-/m1/s1. The number of methoxy groups -OCH3 is 1. The summed E-state index contributed by atoms with van der Waals surface area (Å²) in [5.74, 6) is 1.46. The van der Waals surface area contributed by atoms with Gasteiger partial charge in [0, 0.05) is 23.2 Å². The predicted octanol–water partition coefficient (Wildman–Crippen LogP) is 6.11. The van der Waals surface area contributed by atoms with Crippen molar-refractivity contribution in [2.45, 2.75) is 12.5 Å². The van der Waals surface area contributed by atoms with Gasteiger partial charge < -0.3 is 4.74 Å². The molecule has 2 heterocycles. The first-order valence-electron chi connectivity index (χ1n) is 10.5. The third-order valence-corrected chi connectivity index (χ3v) is 6.76. The number of halogens is 1. The van der Waals surface area contributed by atoms with E-state index >= 15 is 0 Å². The lowest BCUT2D eigenvalue weighted by Crippen LogP contribution is -2.29. The maximum atomic E-state index is 12.4. The molecule has 0 aliphatic carbocycles. The highest BCUT2D eigenvalue weighted by Crippen LogP contribution is 2.35. The summed E-state index contributed by atoms with van der Waals surface area (Å²) in [7, 11) is 1.65. The fourth-order valence-corrected chi connectivity index (χ4v) is 4.91. The van der Waals surface area contributed by atoms with E-state index in [1.807, 2.05) is 77.5 Å². The number of rotatable bonds is 4.